The number of nitrogens with one attached hydrogen (secondary N) is 1. The fourth-order valence-corrected chi connectivity index (χ4v) is 2.44. The molecule has 0 radical (unpaired) electrons. The molecule has 0 saturated heterocycles. The number of rotatable bonds is 4. The van der Waals surface area contributed by atoms with Crippen LogP contribution in [0.5, 0.6) is 0 Å². The average molecular weight is 278 g/mol. The summed E-state index contributed by atoms with van der Waals surface area (Å²) in [6.07, 6.45) is 0.864. The number of amides is 1. The van der Waals surface area contributed by atoms with Gasteiger partial charge in [-0.3, -0.25) is 4.79 Å². The Labute approximate surface area is 124 Å². The van der Waals surface area contributed by atoms with Crippen molar-refractivity contribution < 1.29 is 4.79 Å². The number of carbonyl (C=O) groups is 1. The Bertz CT molecular complexity index is 713. The number of hydrogen-bond acceptors (Lipinski definition) is 1. The third-order valence-electron chi connectivity index (χ3n) is 3.69. The number of carbonyl (C=O) groups excluding carboxylic acids is 1. The maximum Gasteiger partial charge on any atom is 0.270 e. The fourth-order valence-electron chi connectivity index (χ4n) is 2.44. The average Bonchev–Trinajstić information content (AvgIpc) is 2.97. The molecule has 2 aromatic carbocycles. The molecule has 0 aliphatic rings. The van der Waals surface area contributed by atoms with Gasteiger partial charge in [0.25, 0.3) is 5.91 Å². The molecule has 21 heavy (non-hydrogen) atoms. The highest BCUT2D eigenvalue weighted by molar-refractivity contribution is 5.97. The van der Waals surface area contributed by atoms with Crippen molar-refractivity contribution in [1.82, 2.24) is 9.88 Å². The van der Waals surface area contributed by atoms with Crippen LogP contribution in [-0.4, -0.2) is 29.4 Å². The zero-order chi connectivity index (χ0) is 14.7. The van der Waals surface area contributed by atoms with E-state index in [1.807, 2.05) is 55.6 Å². The van der Waals surface area contributed by atoms with E-state index in [0.717, 1.165) is 17.3 Å². The first-order chi connectivity index (χ1) is 10.2. The van der Waals surface area contributed by atoms with Crippen LogP contribution in [0.15, 0.2) is 60.7 Å². The molecular weight excluding hydrogens is 260 g/mol. The molecule has 106 valence electrons. The first-order valence-electron chi connectivity index (χ1n) is 7.11. The minimum atomic E-state index is 0.0298. The van der Waals surface area contributed by atoms with Gasteiger partial charge in [0.1, 0.15) is 5.69 Å². The Morgan fingerprint density at radius 1 is 1.05 bits per heavy atom. The Balaban J connectivity index is 1.69. The number of nitrogens with zero attached hydrogens (tertiary/aromatic N) is 1. The van der Waals surface area contributed by atoms with Crippen LogP contribution in [0.3, 0.4) is 0 Å². The lowest BCUT2D eigenvalue weighted by Crippen LogP contribution is -2.29. The van der Waals surface area contributed by atoms with Crippen molar-refractivity contribution in [1.29, 1.82) is 0 Å². The topological polar surface area (TPSA) is 36.1 Å². The highest BCUT2D eigenvalue weighted by Gasteiger charge is 2.13. The number of aromatic amines is 1. The van der Waals surface area contributed by atoms with Gasteiger partial charge in [0.05, 0.1) is 0 Å². The summed E-state index contributed by atoms with van der Waals surface area (Å²) in [6, 6.07) is 20.1. The number of fused-ring (bicyclic) bond motifs is 1. The van der Waals surface area contributed by atoms with Gasteiger partial charge in [-0.25, -0.2) is 0 Å². The monoisotopic (exact) mass is 278 g/mol. The van der Waals surface area contributed by atoms with Crippen LogP contribution in [0.4, 0.5) is 0 Å². The molecule has 0 aliphatic carbocycles. The van der Waals surface area contributed by atoms with Gasteiger partial charge in [-0.05, 0) is 24.1 Å². The number of H-pyrrole nitrogens is 1. The second kappa shape index (κ2) is 5.83. The normalized spacial score (nSPS) is 10.7. The van der Waals surface area contributed by atoms with E-state index in [2.05, 4.69) is 17.1 Å². The van der Waals surface area contributed by atoms with E-state index in [0.29, 0.717) is 12.2 Å². The van der Waals surface area contributed by atoms with E-state index in [4.69, 9.17) is 0 Å². The number of aromatic nitrogens is 1. The SMILES string of the molecule is CN(CCc1ccccc1)C(=O)c1cc2ccccc2[nH]1. The summed E-state index contributed by atoms with van der Waals surface area (Å²) in [5.74, 6) is 0.0298. The minimum Gasteiger partial charge on any atom is -0.351 e. The highest BCUT2D eigenvalue weighted by atomic mass is 16.2. The maximum atomic E-state index is 12.4. The van der Waals surface area contributed by atoms with Crippen LogP contribution in [-0.2, 0) is 6.42 Å². The summed E-state index contributed by atoms with van der Waals surface area (Å²) < 4.78 is 0. The van der Waals surface area contributed by atoms with Gasteiger partial charge in [-0.1, -0.05) is 48.5 Å². The van der Waals surface area contributed by atoms with Gasteiger partial charge < -0.3 is 9.88 Å². The van der Waals surface area contributed by atoms with E-state index in [1.165, 1.54) is 5.56 Å². The van der Waals surface area contributed by atoms with Gasteiger partial charge in [0.15, 0.2) is 0 Å². The molecule has 0 bridgehead atoms. The lowest BCUT2D eigenvalue weighted by atomic mass is 10.1. The molecule has 3 nitrogen and oxygen atoms in total. The second-order valence-electron chi connectivity index (χ2n) is 5.23. The molecule has 3 aromatic rings. The molecule has 0 spiro atoms. The predicted molar refractivity (Wildman–Crippen MR) is 85.4 cm³/mol. The van der Waals surface area contributed by atoms with E-state index in [-0.39, 0.29) is 5.91 Å². The first kappa shape index (κ1) is 13.4. The smallest absolute Gasteiger partial charge is 0.270 e. The zero-order valence-corrected chi connectivity index (χ0v) is 12.0. The molecule has 1 aromatic heterocycles. The lowest BCUT2D eigenvalue weighted by Gasteiger charge is -2.16. The van der Waals surface area contributed by atoms with E-state index >= 15 is 0 Å². The quantitative estimate of drug-likeness (QED) is 0.779. The van der Waals surface area contributed by atoms with Gasteiger partial charge >= 0.3 is 0 Å². The minimum absolute atomic E-state index is 0.0298. The molecule has 0 fully saturated rings. The number of para-hydroxylation sites is 1. The van der Waals surface area contributed by atoms with Crippen molar-refractivity contribution in [2.45, 2.75) is 6.42 Å². The van der Waals surface area contributed by atoms with Crippen LogP contribution in [0.25, 0.3) is 10.9 Å². The fraction of sp³-hybridized carbons (Fsp3) is 0.167. The Kier molecular flexibility index (Phi) is 3.73. The molecule has 0 unspecified atom stereocenters. The molecule has 1 heterocycles. The summed E-state index contributed by atoms with van der Waals surface area (Å²) in [7, 11) is 1.84. The molecule has 0 aliphatic heterocycles. The van der Waals surface area contributed by atoms with Crippen LogP contribution < -0.4 is 0 Å². The maximum absolute atomic E-state index is 12.4. The zero-order valence-electron chi connectivity index (χ0n) is 12.0. The number of hydrogen-bond donors (Lipinski definition) is 1. The highest BCUT2D eigenvalue weighted by Crippen LogP contribution is 2.15. The second-order valence-corrected chi connectivity index (χ2v) is 5.23. The Hall–Kier alpha value is -2.55. The largest absolute Gasteiger partial charge is 0.351 e. The van der Waals surface area contributed by atoms with Crippen molar-refractivity contribution in [2.75, 3.05) is 13.6 Å². The summed E-state index contributed by atoms with van der Waals surface area (Å²) in [5, 5.41) is 1.07. The van der Waals surface area contributed by atoms with E-state index < -0.39 is 0 Å². The lowest BCUT2D eigenvalue weighted by molar-refractivity contribution is 0.0792. The molecule has 3 rings (SSSR count). The third kappa shape index (κ3) is 2.97. The van der Waals surface area contributed by atoms with E-state index in [1.54, 1.807) is 4.90 Å². The van der Waals surface area contributed by atoms with Gasteiger partial charge in [-0.15, -0.1) is 0 Å². The first-order valence-corrected chi connectivity index (χ1v) is 7.11. The predicted octanol–water partition coefficient (Wildman–Crippen LogP) is 3.48. The van der Waals surface area contributed by atoms with Crippen molar-refractivity contribution in [3.8, 4) is 0 Å². The molecular formula is C18H18N2O. The van der Waals surface area contributed by atoms with E-state index in [9.17, 15) is 4.79 Å². The van der Waals surface area contributed by atoms with Crippen LogP contribution in [0.1, 0.15) is 16.1 Å². The van der Waals surface area contributed by atoms with Crippen molar-refractivity contribution in [3.63, 3.8) is 0 Å². The number of likely N-dealkylation sites (N-methyl/N-ethyl adjacent to an activating group) is 1. The van der Waals surface area contributed by atoms with Crippen molar-refractivity contribution >= 4 is 16.8 Å². The Morgan fingerprint density at radius 3 is 2.52 bits per heavy atom. The molecule has 1 N–H and O–H groups in total. The summed E-state index contributed by atoms with van der Waals surface area (Å²) in [4.78, 5) is 17.4. The van der Waals surface area contributed by atoms with Crippen LogP contribution in [0, 0.1) is 0 Å². The van der Waals surface area contributed by atoms with Crippen LogP contribution in [0.2, 0.25) is 0 Å². The molecule has 0 saturated carbocycles. The van der Waals surface area contributed by atoms with Crippen molar-refractivity contribution in [2.24, 2.45) is 0 Å². The molecule has 1 amide bonds. The van der Waals surface area contributed by atoms with Crippen molar-refractivity contribution in [3.05, 3.63) is 71.9 Å². The molecule has 0 atom stereocenters. The third-order valence-corrected chi connectivity index (χ3v) is 3.69. The van der Waals surface area contributed by atoms with Gasteiger partial charge in [0, 0.05) is 24.5 Å². The Morgan fingerprint density at radius 2 is 1.76 bits per heavy atom. The summed E-state index contributed by atoms with van der Waals surface area (Å²) in [5.41, 5.74) is 2.89. The molecule has 3 heteroatoms. The van der Waals surface area contributed by atoms with Gasteiger partial charge in [0.2, 0.25) is 0 Å². The standard InChI is InChI=1S/C18H18N2O/c1-20(12-11-14-7-3-2-4-8-14)18(21)17-13-15-9-5-6-10-16(15)19-17/h2-10,13,19H,11-12H2,1H3. The van der Waals surface area contributed by atoms with Crippen LogP contribution >= 0.6 is 0 Å². The summed E-state index contributed by atoms with van der Waals surface area (Å²) >= 11 is 0. The summed E-state index contributed by atoms with van der Waals surface area (Å²) in [6.45, 7) is 0.707. The van der Waals surface area contributed by atoms with Gasteiger partial charge in [-0.2, -0.15) is 0 Å². The number of benzene rings is 2.